The molecule has 1 N–H and O–H groups in total. The van der Waals surface area contributed by atoms with Crippen molar-refractivity contribution >= 4 is 13.5 Å². The molecule has 0 atom stereocenters. The van der Waals surface area contributed by atoms with E-state index in [-0.39, 0.29) is 5.61 Å². The summed E-state index contributed by atoms with van der Waals surface area (Å²) in [5.41, 5.74) is 0.255. The molecule has 0 fully saturated rings. The molecule has 26 valence electrons. The zero-order chi connectivity index (χ0) is 4.28. The van der Waals surface area contributed by atoms with Crippen molar-refractivity contribution in [3.63, 3.8) is 0 Å². The third-order valence-corrected chi connectivity index (χ3v) is 0.381. The van der Waals surface area contributed by atoms with Gasteiger partial charge in [-0.05, 0) is 12.0 Å². The van der Waals surface area contributed by atoms with Gasteiger partial charge in [-0.1, -0.05) is 6.92 Å². The van der Waals surface area contributed by atoms with Crippen molar-refractivity contribution in [2.24, 2.45) is 0 Å². The molecule has 5 heavy (non-hydrogen) atoms. The van der Waals surface area contributed by atoms with Crippen LogP contribution in [0.2, 0.25) is 0 Å². The average molecular weight is 66.9 g/mol. The Kier molecular flexibility index (Phi) is 1.90. The Morgan fingerprint density at radius 1 is 2.00 bits per heavy atom. The van der Waals surface area contributed by atoms with Gasteiger partial charge in [-0.2, -0.15) is 0 Å². The van der Waals surface area contributed by atoms with Gasteiger partial charge in [-0.15, -0.1) is 0 Å². The minimum Gasteiger partial charge on any atom is -0.321 e. The van der Waals surface area contributed by atoms with Crippen LogP contribution in [0.1, 0.15) is 13.3 Å². The molecule has 0 rings (SSSR count). The molecule has 0 aliphatic heterocycles. The Labute approximate surface area is 33.3 Å². The molecule has 0 aliphatic rings. The van der Waals surface area contributed by atoms with Gasteiger partial charge in [0.15, 0.2) is 0 Å². The van der Waals surface area contributed by atoms with Gasteiger partial charge in [0.05, 0.1) is 0 Å². The molecule has 0 aromatic carbocycles. The lowest BCUT2D eigenvalue weighted by atomic mass is 10.00. The van der Waals surface area contributed by atoms with E-state index in [1.165, 1.54) is 0 Å². The first-order valence-corrected chi connectivity index (χ1v) is 1.60. The van der Waals surface area contributed by atoms with E-state index in [1.807, 2.05) is 6.92 Å². The maximum Gasteiger partial charge on any atom is 0.134 e. The third kappa shape index (κ3) is 3.73. The van der Waals surface area contributed by atoms with E-state index >= 15 is 0 Å². The normalized spacial score (nSPS) is 7.40. The molecule has 2 radical (unpaired) electrons. The molecule has 0 bridgehead atoms. The fraction of sp³-hybridized carbons (Fsp3) is 0.667. The van der Waals surface area contributed by atoms with Crippen molar-refractivity contribution in [3.05, 3.63) is 0 Å². The molecule has 0 unspecified atom stereocenters. The summed E-state index contributed by atoms with van der Waals surface area (Å²) < 4.78 is 0. The number of nitrogens with one attached hydrogen (secondary N) is 1. The Balaban J connectivity index is 2.85. The standard InChI is InChI=1S/C3H6BN/c1-2-3(4)5/h5H,2H2,1H3. The first-order valence-electron chi connectivity index (χ1n) is 1.60. The van der Waals surface area contributed by atoms with Gasteiger partial charge in [-0.3, -0.25) is 0 Å². The highest BCUT2D eigenvalue weighted by Crippen LogP contribution is 1.67. The fourth-order valence-electron chi connectivity index (χ4n) is 0. The van der Waals surface area contributed by atoms with Gasteiger partial charge in [-0.25, -0.2) is 0 Å². The third-order valence-electron chi connectivity index (χ3n) is 0.381. The molecule has 2 heteroatoms. The van der Waals surface area contributed by atoms with E-state index < -0.39 is 0 Å². The Hall–Kier alpha value is -0.265. The minimum atomic E-state index is 0.255. The molecule has 0 aromatic rings. The Bertz CT molecular complexity index is 42.2. The van der Waals surface area contributed by atoms with Crippen LogP contribution in [0.15, 0.2) is 0 Å². The van der Waals surface area contributed by atoms with Crippen LogP contribution in [0.25, 0.3) is 0 Å². The maximum absolute atomic E-state index is 6.52. The van der Waals surface area contributed by atoms with Crippen LogP contribution in [-0.2, 0) is 0 Å². The largest absolute Gasteiger partial charge is 0.321 e. The van der Waals surface area contributed by atoms with Gasteiger partial charge < -0.3 is 5.41 Å². The molecule has 1 nitrogen and oxygen atoms in total. The lowest BCUT2D eigenvalue weighted by Crippen LogP contribution is -1.87. The molecule has 0 saturated carbocycles. The molecule has 0 heterocycles. The molecular weight excluding hydrogens is 60.9 g/mol. The van der Waals surface area contributed by atoms with Crippen LogP contribution >= 0.6 is 0 Å². The highest BCUT2D eigenvalue weighted by atomic mass is 14.3. The summed E-state index contributed by atoms with van der Waals surface area (Å²) >= 11 is 0. The summed E-state index contributed by atoms with van der Waals surface area (Å²) in [6.45, 7) is 1.85. The maximum atomic E-state index is 6.52. The summed E-state index contributed by atoms with van der Waals surface area (Å²) in [5, 5.41) is 6.52. The Morgan fingerprint density at radius 2 is 2.20 bits per heavy atom. The summed E-state index contributed by atoms with van der Waals surface area (Å²) in [7, 11) is 4.88. The quantitative estimate of drug-likeness (QED) is 0.342. The van der Waals surface area contributed by atoms with Crippen LogP contribution < -0.4 is 0 Å². The van der Waals surface area contributed by atoms with Crippen molar-refractivity contribution in [2.45, 2.75) is 13.3 Å². The first-order chi connectivity index (χ1) is 2.27. The van der Waals surface area contributed by atoms with Crippen LogP contribution in [0.3, 0.4) is 0 Å². The molecular formula is C3H6BN. The number of rotatable bonds is 1. The van der Waals surface area contributed by atoms with E-state index in [1.54, 1.807) is 0 Å². The second-order valence-electron chi connectivity index (χ2n) is 0.879. The van der Waals surface area contributed by atoms with Crippen LogP contribution in [-0.4, -0.2) is 13.5 Å². The highest BCUT2D eigenvalue weighted by Gasteiger charge is 1.70. The second-order valence-corrected chi connectivity index (χ2v) is 0.879. The van der Waals surface area contributed by atoms with Crippen molar-refractivity contribution in [3.8, 4) is 0 Å². The van der Waals surface area contributed by atoms with Crippen molar-refractivity contribution in [1.29, 1.82) is 5.41 Å². The van der Waals surface area contributed by atoms with Crippen LogP contribution in [0.4, 0.5) is 0 Å². The van der Waals surface area contributed by atoms with Gasteiger partial charge in [0.2, 0.25) is 0 Å². The second kappa shape index (κ2) is 2.00. The van der Waals surface area contributed by atoms with Crippen LogP contribution in [0, 0.1) is 5.41 Å². The smallest absolute Gasteiger partial charge is 0.134 e. The minimum absolute atomic E-state index is 0.255. The van der Waals surface area contributed by atoms with Gasteiger partial charge in [0.25, 0.3) is 0 Å². The molecule has 0 saturated heterocycles. The number of hydrogen-bond donors (Lipinski definition) is 1. The topological polar surface area (TPSA) is 23.9 Å². The average Bonchev–Trinajstić information content (AvgIpc) is 1.38. The summed E-state index contributed by atoms with van der Waals surface area (Å²) in [5.74, 6) is 0. The van der Waals surface area contributed by atoms with Crippen molar-refractivity contribution in [2.75, 3.05) is 0 Å². The SMILES string of the molecule is [B]C(=N)CC. The fourth-order valence-corrected chi connectivity index (χ4v) is 0. The van der Waals surface area contributed by atoms with Crippen LogP contribution in [0.5, 0.6) is 0 Å². The number of hydrogen-bond acceptors (Lipinski definition) is 1. The van der Waals surface area contributed by atoms with E-state index in [4.69, 9.17) is 13.3 Å². The summed E-state index contributed by atoms with van der Waals surface area (Å²) in [6.07, 6.45) is 0.667. The van der Waals surface area contributed by atoms with E-state index in [2.05, 4.69) is 0 Å². The first kappa shape index (κ1) is 4.73. The summed E-state index contributed by atoms with van der Waals surface area (Å²) in [6, 6.07) is 0. The lowest BCUT2D eigenvalue weighted by Gasteiger charge is -1.77. The summed E-state index contributed by atoms with van der Waals surface area (Å²) in [4.78, 5) is 0. The monoisotopic (exact) mass is 67.1 g/mol. The van der Waals surface area contributed by atoms with Gasteiger partial charge in [0.1, 0.15) is 7.85 Å². The molecule has 0 spiro atoms. The van der Waals surface area contributed by atoms with Crippen molar-refractivity contribution in [1.82, 2.24) is 0 Å². The van der Waals surface area contributed by atoms with E-state index in [9.17, 15) is 0 Å². The lowest BCUT2D eigenvalue weighted by molar-refractivity contribution is 1.28. The predicted molar refractivity (Wildman–Crippen MR) is 23.8 cm³/mol. The molecule has 0 amide bonds. The van der Waals surface area contributed by atoms with E-state index in [0.717, 1.165) is 0 Å². The van der Waals surface area contributed by atoms with Gasteiger partial charge in [0, 0.05) is 0 Å². The highest BCUT2D eigenvalue weighted by molar-refractivity contribution is 6.58. The van der Waals surface area contributed by atoms with E-state index in [0.29, 0.717) is 6.42 Å². The van der Waals surface area contributed by atoms with Gasteiger partial charge >= 0.3 is 0 Å². The zero-order valence-electron chi connectivity index (χ0n) is 3.28. The molecule has 0 aliphatic carbocycles. The Morgan fingerprint density at radius 3 is 2.20 bits per heavy atom. The van der Waals surface area contributed by atoms with Crippen molar-refractivity contribution < 1.29 is 0 Å². The predicted octanol–water partition coefficient (Wildman–Crippen LogP) is 0.542. The molecule has 0 aromatic heterocycles. The zero-order valence-corrected chi connectivity index (χ0v) is 3.28.